The minimum absolute atomic E-state index is 0.0935. The molecule has 0 saturated heterocycles. The van der Waals surface area contributed by atoms with E-state index < -0.39 is 0 Å². The first-order chi connectivity index (χ1) is 11.1. The number of aryl methyl sites for hydroxylation is 1. The molecule has 6 heteroatoms. The van der Waals surface area contributed by atoms with Gasteiger partial charge >= 0.3 is 6.03 Å². The van der Waals surface area contributed by atoms with Crippen molar-refractivity contribution in [1.29, 1.82) is 0 Å². The molecule has 0 atom stereocenters. The van der Waals surface area contributed by atoms with Crippen LogP contribution in [0.15, 0.2) is 24.3 Å². The largest absolute Gasteiger partial charge is 0.335 e. The molecule has 2 amide bonds. The van der Waals surface area contributed by atoms with Crippen LogP contribution in [0.1, 0.15) is 36.3 Å². The van der Waals surface area contributed by atoms with Crippen molar-refractivity contribution in [3.63, 3.8) is 0 Å². The summed E-state index contributed by atoms with van der Waals surface area (Å²) in [5.41, 5.74) is 1.87. The van der Waals surface area contributed by atoms with Gasteiger partial charge in [-0.05, 0) is 25.8 Å². The van der Waals surface area contributed by atoms with E-state index in [0.717, 1.165) is 34.0 Å². The summed E-state index contributed by atoms with van der Waals surface area (Å²) in [5, 5.41) is 7.55. The van der Waals surface area contributed by atoms with Crippen LogP contribution in [0.5, 0.6) is 0 Å². The Bertz CT molecular complexity index is 695. The number of aromatic nitrogens is 1. The highest BCUT2D eigenvalue weighted by Crippen LogP contribution is 2.32. The Morgan fingerprint density at radius 3 is 2.83 bits per heavy atom. The first-order valence-electron chi connectivity index (χ1n) is 7.89. The Kier molecular flexibility index (Phi) is 5.18. The third-order valence-electron chi connectivity index (χ3n) is 4.10. The van der Waals surface area contributed by atoms with Gasteiger partial charge in [-0.2, -0.15) is 0 Å². The molecule has 0 spiro atoms. The lowest BCUT2D eigenvalue weighted by Gasteiger charge is -2.12. The molecule has 1 fully saturated rings. The minimum atomic E-state index is -0.0935. The van der Waals surface area contributed by atoms with E-state index in [4.69, 9.17) is 11.6 Å². The molecule has 4 nitrogen and oxygen atoms in total. The summed E-state index contributed by atoms with van der Waals surface area (Å²) < 4.78 is 0. The van der Waals surface area contributed by atoms with E-state index in [0.29, 0.717) is 17.6 Å². The van der Waals surface area contributed by atoms with E-state index in [1.807, 2.05) is 31.2 Å². The Balaban J connectivity index is 1.62. The smallest absolute Gasteiger partial charge is 0.315 e. The van der Waals surface area contributed by atoms with Crippen LogP contribution in [-0.4, -0.2) is 17.1 Å². The predicted molar refractivity (Wildman–Crippen MR) is 94.9 cm³/mol. The summed E-state index contributed by atoms with van der Waals surface area (Å²) in [5.74, 6) is 0. The van der Waals surface area contributed by atoms with Crippen LogP contribution in [0.3, 0.4) is 0 Å². The lowest BCUT2D eigenvalue weighted by molar-refractivity contribution is 0.237. The normalized spacial score (nSPS) is 14.9. The third-order valence-corrected chi connectivity index (χ3v) is 5.62. The fourth-order valence-electron chi connectivity index (χ4n) is 2.81. The van der Waals surface area contributed by atoms with Gasteiger partial charge in [-0.1, -0.05) is 42.6 Å². The van der Waals surface area contributed by atoms with Crippen LogP contribution < -0.4 is 10.6 Å². The highest BCUT2D eigenvalue weighted by Gasteiger charge is 2.17. The van der Waals surface area contributed by atoms with Crippen molar-refractivity contribution in [2.45, 2.75) is 45.2 Å². The van der Waals surface area contributed by atoms with Crippen LogP contribution >= 0.6 is 22.9 Å². The van der Waals surface area contributed by atoms with Gasteiger partial charge in [0.15, 0.2) is 0 Å². The number of hydrogen-bond donors (Lipinski definition) is 2. The average Bonchev–Trinajstić information content (AvgIpc) is 3.15. The Morgan fingerprint density at radius 1 is 1.35 bits per heavy atom. The first-order valence-corrected chi connectivity index (χ1v) is 9.08. The van der Waals surface area contributed by atoms with Crippen molar-refractivity contribution in [3.8, 4) is 10.6 Å². The van der Waals surface area contributed by atoms with Gasteiger partial charge in [0.2, 0.25) is 0 Å². The van der Waals surface area contributed by atoms with Gasteiger partial charge in [-0.25, -0.2) is 9.78 Å². The maximum Gasteiger partial charge on any atom is 0.315 e. The summed E-state index contributed by atoms with van der Waals surface area (Å²) in [6.45, 7) is 2.45. The summed E-state index contributed by atoms with van der Waals surface area (Å²) in [4.78, 5) is 17.6. The molecule has 2 aromatic rings. The van der Waals surface area contributed by atoms with E-state index in [9.17, 15) is 4.79 Å². The highest BCUT2D eigenvalue weighted by atomic mass is 35.5. The zero-order valence-electron chi connectivity index (χ0n) is 13.1. The second-order valence-electron chi connectivity index (χ2n) is 5.82. The predicted octanol–water partition coefficient (Wildman–Crippen LogP) is 4.51. The molecule has 1 aromatic carbocycles. The number of hydrogen-bond acceptors (Lipinski definition) is 3. The number of carbonyl (C=O) groups is 1. The molecule has 1 aliphatic carbocycles. The Hall–Kier alpha value is -1.59. The van der Waals surface area contributed by atoms with E-state index >= 15 is 0 Å². The van der Waals surface area contributed by atoms with Gasteiger partial charge < -0.3 is 10.6 Å². The lowest BCUT2D eigenvalue weighted by Crippen LogP contribution is -2.40. The number of amides is 2. The average molecular weight is 350 g/mol. The summed E-state index contributed by atoms with van der Waals surface area (Å²) in [7, 11) is 0. The second kappa shape index (κ2) is 7.32. The van der Waals surface area contributed by atoms with Gasteiger partial charge in [0.25, 0.3) is 0 Å². The number of halogens is 1. The van der Waals surface area contributed by atoms with Gasteiger partial charge in [0.05, 0.1) is 17.3 Å². The van der Waals surface area contributed by atoms with E-state index in [1.165, 1.54) is 12.8 Å². The Morgan fingerprint density at radius 2 is 2.09 bits per heavy atom. The standard InChI is InChI=1S/C17H20ClN3OS/c1-11-15(10-19-17(22)21-12-6-2-3-7-12)23-16(20-11)13-8-4-5-9-14(13)18/h4-5,8-9,12H,2-3,6-7,10H2,1H3,(H2,19,21,22). The highest BCUT2D eigenvalue weighted by molar-refractivity contribution is 7.15. The number of thiazole rings is 1. The second-order valence-corrected chi connectivity index (χ2v) is 7.31. The fraction of sp³-hybridized carbons (Fsp3) is 0.412. The van der Waals surface area contributed by atoms with Crippen LogP contribution in [0.2, 0.25) is 5.02 Å². The number of carbonyl (C=O) groups excluding carboxylic acids is 1. The first kappa shape index (κ1) is 16.3. The van der Waals surface area contributed by atoms with Crippen molar-refractivity contribution >= 4 is 29.0 Å². The topological polar surface area (TPSA) is 54.0 Å². The maximum absolute atomic E-state index is 12.0. The quantitative estimate of drug-likeness (QED) is 0.853. The molecule has 0 aliphatic heterocycles. The number of benzene rings is 1. The van der Waals surface area contributed by atoms with Gasteiger partial charge in [0, 0.05) is 16.5 Å². The van der Waals surface area contributed by atoms with Crippen molar-refractivity contribution in [2.75, 3.05) is 0 Å². The SMILES string of the molecule is Cc1nc(-c2ccccc2Cl)sc1CNC(=O)NC1CCCC1. The van der Waals surface area contributed by atoms with Crippen LogP contribution in [-0.2, 0) is 6.54 Å². The van der Waals surface area contributed by atoms with Crippen molar-refractivity contribution in [1.82, 2.24) is 15.6 Å². The van der Waals surface area contributed by atoms with E-state index in [2.05, 4.69) is 15.6 Å². The zero-order valence-corrected chi connectivity index (χ0v) is 14.6. The molecule has 23 heavy (non-hydrogen) atoms. The van der Waals surface area contributed by atoms with Crippen molar-refractivity contribution in [2.24, 2.45) is 0 Å². The lowest BCUT2D eigenvalue weighted by atomic mass is 10.2. The molecule has 1 aliphatic rings. The molecular weight excluding hydrogens is 330 g/mol. The number of nitrogens with one attached hydrogen (secondary N) is 2. The molecule has 2 N–H and O–H groups in total. The van der Waals surface area contributed by atoms with Crippen LogP contribution in [0, 0.1) is 6.92 Å². The molecule has 1 aromatic heterocycles. The van der Waals surface area contributed by atoms with Crippen molar-refractivity contribution in [3.05, 3.63) is 39.9 Å². The molecule has 1 heterocycles. The molecule has 1 saturated carbocycles. The molecule has 122 valence electrons. The number of nitrogens with zero attached hydrogens (tertiary/aromatic N) is 1. The van der Waals surface area contributed by atoms with Gasteiger partial charge in [-0.3, -0.25) is 0 Å². The number of rotatable bonds is 4. The maximum atomic E-state index is 12.0. The Labute approximate surface area is 145 Å². The minimum Gasteiger partial charge on any atom is -0.335 e. The fourth-order valence-corrected chi connectivity index (χ4v) is 4.13. The van der Waals surface area contributed by atoms with Gasteiger partial charge in [0.1, 0.15) is 5.01 Å². The molecule has 0 unspecified atom stereocenters. The van der Waals surface area contributed by atoms with E-state index in [-0.39, 0.29) is 6.03 Å². The molecular formula is C17H20ClN3OS. The zero-order chi connectivity index (χ0) is 16.2. The van der Waals surface area contributed by atoms with E-state index in [1.54, 1.807) is 11.3 Å². The van der Waals surface area contributed by atoms with Crippen LogP contribution in [0.25, 0.3) is 10.6 Å². The van der Waals surface area contributed by atoms with Crippen LogP contribution in [0.4, 0.5) is 4.79 Å². The summed E-state index contributed by atoms with van der Waals surface area (Å²) in [6.07, 6.45) is 4.59. The third kappa shape index (κ3) is 4.03. The summed E-state index contributed by atoms with van der Waals surface area (Å²) >= 11 is 7.80. The van der Waals surface area contributed by atoms with Gasteiger partial charge in [-0.15, -0.1) is 11.3 Å². The molecule has 0 bridgehead atoms. The monoisotopic (exact) mass is 349 g/mol. The molecule has 3 rings (SSSR count). The number of urea groups is 1. The van der Waals surface area contributed by atoms with Crippen molar-refractivity contribution < 1.29 is 4.79 Å². The molecule has 0 radical (unpaired) electrons. The summed E-state index contributed by atoms with van der Waals surface area (Å²) in [6, 6.07) is 7.92.